The Balaban J connectivity index is 2.11. The number of aromatic nitrogens is 2. The average Bonchev–Trinajstić information content (AvgIpc) is 2.87. The topological polar surface area (TPSA) is 63.5 Å². The third kappa shape index (κ3) is 3.28. The van der Waals surface area contributed by atoms with Gasteiger partial charge in [0.25, 0.3) is 10.0 Å². The molecule has 0 amide bonds. The Hall–Kier alpha value is -0.630. The Kier molecular flexibility index (Phi) is 4.83. The van der Waals surface area contributed by atoms with Crippen molar-refractivity contribution in [1.29, 1.82) is 0 Å². The van der Waals surface area contributed by atoms with E-state index in [0.29, 0.717) is 11.5 Å². The Morgan fingerprint density at radius 3 is 2.95 bits per heavy atom. The summed E-state index contributed by atoms with van der Waals surface area (Å²) in [7, 11) is -3.61. The molecule has 0 unspecified atom stereocenters. The highest BCUT2D eigenvalue weighted by molar-refractivity contribution is 7.89. The molecule has 1 N–H and O–H groups in total. The molecule has 0 aliphatic heterocycles. The Labute approximate surface area is 121 Å². The molecule has 2 rings (SSSR count). The molecule has 106 valence electrons. The smallest absolute Gasteiger partial charge is 0.259 e. The molecule has 0 aromatic carbocycles. The van der Waals surface area contributed by atoms with Gasteiger partial charge in [-0.1, -0.05) is 37.8 Å². The van der Waals surface area contributed by atoms with E-state index in [4.69, 9.17) is 11.6 Å². The normalized spacial score (nSPS) is 12.3. The van der Waals surface area contributed by atoms with Crippen LogP contribution in [0.15, 0.2) is 16.6 Å². The van der Waals surface area contributed by atoms with Crippen molar-refractivity contribution in [3.05, 3.63) is 16.7 Å². The fraction of sp³-hybridized carbons (Fsp3) is 0.545. The predicted octanol–water partition coefficient (Wildman–Crippen LogP) is 2.91. The van der Waals surface area contributed by atoms with Crippen LogP contribution >= 0.6 is 22.9 Å². The van der Waals surface area contributed by atoms with Crippen molar-refractivity contribution in [2.45, 2.75) is 37.6 Å². The van der Waals surface area contributed by atoms with Gasteiger partial charge >= 0.3 is 0 Å². The Morgan fingerprint density at radius 1 is 1.42 bits per heavy atom. The van der Waals surface area contributed by atoms with E-state index in [9.17, 15) is 8.42 Å². The molecule has 0 radical (unpaired) electrons. The summed E-state index contributed by atoms with van der Waals surface area (Å²) < 4.78 is 28.5. The standard InChI is InChI=1S/C11H16ClN3O2S2/c1-2-3-4-5-6-13-19(16,17)10-9(12)14-11-15(10)7-8-18-11/h7-8,13H,2-6H2,1H3. The van der Waals surface area contributed by atoms with Crippen LogP contribution in [0, 0.1) is 0 Å². The first kappa shape index (κ1) is 14.8. The number of halogens is 1. The quantitative estimate of drug-likeness (QED) is 0.797. The molecule has 2 aromatic rings. The zero-order valence-corrected chi connectivity index (χ0v) is 13.0. The molecule has 0 bridgehead atoms. The van der Waals surface area contributed by atoms with E-state index in [1.807, 2.05) is 0 Å². The van der Waals surface area contributed by atoms with E-state index >= 15 is 0 Å². The van der Waals surface area contributed by atoms with Gasteiger partial charge in [0.05, 0.1) is 0 Å². The molecular weight excluding hydrogens is 306 g/mol. The lowest BCUT2D eigenvalue weighted by Gasteiger charge is -2.05. The van der Waals surface area contributed by atoms with Gasteiger partial charge in [0.2, 0.25) is 0 Å². The molecule has 5 nitrogen and oxygen atoms in total. The maximum Gasteiger partial charge on any atom is 0.259 e. The van der Waals surface area contributed by atoms with Crippen LogP contribution in [0.3, 0.4) is 0 Å². The summed E-state index contributed by atoms with van der Waals surface area (Å²) in [6, 6.07) is 0. The Bertz CT molecular complexity index is 648. The van der Waals surface area contributed by atoms with E-state index in [2.05, 4.69) is 16.6 Å². The molecule has 19 heavy (non-hydrogen) atoms. The van der Waals surface area contributed by atoms with Crippen LogP contribution in [0.2, 0.25) is 5.15 Å². The number of thiazole rings is 1. The minimum atomic E-state index is -3.61. The van der Waals surface area contributed by atoms with Crippen molar-refractivity contribution < 1.29 is 8.42 Å². The first-order chi connectivity index (χ1) is 9.06. The molecule has 0 saturated carbocycles. The van der Waals surface area contributed by atoms with Crippen LogP contribution in [-0.4, -0.2) is 24.3 Å². The van der Waals surface area contributed by atoms with Crippen molar-refractivity contribution in [2.24, 2.45) is 0 Å². The van der Waals surface area contributed by atoms with Crippen molar-refractivity contribution in [1.82, 2.24) is 14.1 Å². The molecule has 2 aromatic heterocycles. The number of unbranched alkanes of at least 4 members (excludes halogenated alkanes) is 3. The predicted molar refractivity (Wildman–Crippen MR) is 77.4 cm³/mol. The Morgan fingerprint density at radius 2 is 2.21 bits per heavy atom. The number of sulfonamides is 1. The van der Waals surface area contributed by atoms with Crippen molar-refractivity contribution in [2.75, 3.05) is 6.54 Å². The van der Waals surface area contributed by atoms with Crippen LogP contribution in [0.1, 0.15) is 32.6 Å². The number of rotatable bonds is 7. The molecule has 0 saturated heterocycles. The maximum absolute atomic E-state index is 12.2. The lowest BCUT2D eigenvalue weighted by Crippen LogP contribution is -2.26. The fourth-order valence-electron chi connectivity index (χ4n) is 1.81. The molecular formula is C11H16ClN3O2S2. The minimum Gasteiger partial charge on any atom is -0.279 e. The van der Waals surface area contributed by atoms with Gasteiger partial charge < -0.3 is 0 Å². The van der Waals surface area contributed by atoms with Crippen molar-refractivity contribution in [3.63, 3.8) is 0 Å². The van der Waals surface area contributed by atoms with Crippen molar-refractivity contribution >= 4 is 37.9 Å². The number of nitrogens with one attached hydrogen (secondary N) is 1. The maximum atomic E-state index is 12.2. The number of hydrogen-bond acceptors (Lipinski definition) is 4. The van der Waals surface area contributed by atoms with E-state index in [0.717, 1.165) is 25.7 Å². The second-order valence-corrected chi connectivity index (χ2v) is 7.14. The lowest BCUT2D eigenvalue weighted by molar-refractivity contribution is 0.569. The highest BCUT2D eigenvalue weighted by atomic mass is 35.5. The summed E-state index contributed by atoms with van der Waals surface area (Å²) in [6.07, 6.45) is 5.74. The third-order valence-electron chi connectivity index (χ3n) is 2.76. The lowest BCUT2D eigenvalue weighted by atomic mass is 10.2. The zero-order chi connectivity index (χ0) is 13.9. The first-order valence-corrected chi connectivity index (χ1v) is 8.91. The third-order valence-corrected chi connectivity index (χ3v) is 5.37. The highest BCUT2D eigenvalue weighted by Crippen LogP contribution is 2.25. The summed E-state index contributed by atoms with van der Waals surface area (Å²) >= 11 is 7.26. The molecule has 0 atom stereocenters. The summed E-state index contributed by atoms with van der Waals surface area (Å²) in [4.78, 5) is 4.60. The van der Waals surface area contributed by atoms with Crippen LogP contribution in [0.4, 0.5) is 0 Å². The number of hydrogen-bond donors (Lipinski definition) is 1. The minimum absolute atomic E-state index is 0.0212. The van der Waals surface area contributed by atoms with Gasteiger partial charge in [-0.25, -0.2) is 18.1 Å². The van der Waals surface area contributed by atoms with Crippen molar-refractivity contribution in [3.8, 4) is 0 Å². The van der Waals surface area contributed by atoms with Gasteiger partial charge in [-0.05, 0) is 6.42 Å². The van der Waals surface area contributed by atoms with Gasteiger partial charge in [0.1, 0.15) is 0 Å². The monoisotopic (exact) mass is 321 g/mol. The summed E-state index contributed by atoms with van der Waals surface area (Å²) in [5.41, 5.74) is 0. The number of fused-ring (bicyclic) bond motifs is 1. The van der Waals surface area contributed by atoms with Gasteiger partial charge in [-0.2, -0.15) is 0 Å². The summed E-state index contributed by atoms with van der Waals surface area (Å²) in [5, 5.41) is 1.83. The average molecular weight is 322 g/mol. The van der Waals surface area contributed by atoms with Gasteiger partial charge in [-0.15, -0.1) is 11.3 Å². The SMILES string of the molecule is CCCCCCNS(=O)(=O)c1c(Cl)nc2sccn12. The molecule has 0 aliphatic rings. The highest BCUT2D eigenvalue weighted by Gasteiger charge is 2.24. The van der Waals surface area contributed by atoms with E-state index in [1.54, 1.807) is 11.6 Å². The molecule has 0 spiro atoms. The zero-order valence-electron chi connectivity index (χ0n) is 10.6. The van der Waals surface area contributed by atoms with Gasteiger partial charge in [0.15, 0.2) is 15.1 Å². The fourth-order valence-corrected chi connectivity index (χ4v) is 4.33. The van der Waals surface area contributed by atoms with Crippen LogP contribution < -0.4 is 4.72 Å². The number of imidazole rings is 1. The van der Waals surface area contributed by atoms with E-state index < -0.39 is 10.0 Å². The van der Waals surface area contributed by atoms with E-state index in [-0.39, 0.29) is 10.2 Å². The first-order valence-electron chi connectivity index (χ1n) is 6.17. The molecule has 2 heterocycles. The summed E-state index contributed by atoms with van der Waals surface area (Å²) in [6.45, 7) is 2.54. The van der Waals surface area contributed by atoms with Gasteiger partial charge in [0, 0.05) is 18.1 Å². The second-order valence-electron chi connectivity index (χ2n) is 4.22. The van der Waals surface area contributed by atoms with Crippen LogP contribution in [0.5, 0.6) is 0 Å². The number of nitrogens with zero attached hydrogens (tertiary/aromatic N) is 2. The second kappa shape index (κ2) is 6.21. The van der Waals surface area contributed by atoms with Crippen LogP contribution in [-0.2, 0) is 10.0 Å². The molecule has 0 fully saturated rings. The van der Waals surface area contributed by atoms with Crippen LogP contribution in [0.25, 0.3) is 4.96 Å². The van der Waals surface area contributed by atoms with E-state index in [1.165, 1.54) is 15.7 Å². The van der Waals surface area contributed by atoms with Gasteiger partial charge in [-0.3, -0.25) is 4.40 Å². The molecule has 8 heteroatoms. The summed E-state index contributed by atoms with van der Waals surface area (Å²) in [5.74, 6) is 0. The largest absolute Gasteiger partial charge is 0.279 e. The molecule has 0 aliphatic carbocycles.